The highest BCUT2D eigenvalue weighted by Gasteiger charge is 2.21. The molecule has 0 fully saturated rings. The maximum atomic E-state index is 13.8. The van der Waals surface area contributed by atoms with Gasteiger partial charge in [-0.25, -0.2) is 4.39 Å². The number of hydrogen-bond acceptors (Lipinski definition) is 4. The van der Waals surface area contributed by atoms with Crippen LogP contribution in [0.4, 0.5) is 4.39 Å². The van der Waals surface area contributed by atoms with Crippen molar-refractivity contribution >= 4 is 29.9 Å². The van der Waals surface area contributed by atoms with Crippen molar-refractivity contribution < 1.29 is 18.6 Å². The predicted molar refractivity (Wildman–Crippen MR) is 115 cm³/mol. The van der Waals surface area contributed by atoms with Crippen molar-refractivity contribution in [2.45, 2.75) is 25.5 Å². The summed E-state index contributed by atoms with van der Waals surface area (Å²) in [5.74, 6) is 1.64. The van der Waals surface area contributed by atoms with Crippen LogP contribution in [0.15, 0.2) is 41.4 Å². The molecule has 2 heterocycles. The van der Waals surface area contributed by atoms with Gasteiger partial charge in [-0.15, -0.1) is 24.0 Å². The largest absolute Gasteiger partial charge is 0.493 e. The van der Waals surface area contributed by atoms with Crippen molar-refractivity contribution in [2.24, 2.45) is 10.7 Å². The first kappa shape index (κ1) is 20.7. The van der Waals surface area contributed by atoms with Gasteiger partial charge in [-0.3, -0.25) is 4.99 Å². The smallest absolute Gasteiger partial charge is 0.189 e. The molecule has 28 heavy (non-hydrogen) atoms. The summed E-state index contributed by atoms with van der Waals surface area (Å²) >= 11 is 0. The van der Waals surface area contributed by atoms with Crippen LogP contribution >= 0.6 is 24.0 Å². The third-order valence-corrected chi connectivity index (χ3v) is 4.70. The average molecular weight is 499 g/mol. The van der Waals surface area contributed by atoms with E-state index in [0.29, 0.717) is 37.9 Å². The van der Waals surface area contributed by atoms with E-state index in [0.717, 1.165) is 28.9 Å². The summed E-state index contributed by atoms with van der Waals surface area (Å²) < 4.78 is 30.2. The van der Waals surface area contributed by atoms with Crippen LogP contribution in [-0.4, -0.2) is 25.9 Å². The van der Waals surface area contributed by atoms with Gasteiger partial charge in [0, 0.05) is 24.1 Å². The van der Waals surface area contributed by atoms with Crippen molar-refractivity contribution in [2.75, 3.05) is 19.9 Å². The van der Waals surface area contributed by atoms with Crippen LogP contribution in [-0.2, 0) is 17.8 Å². The summed E-state index contributed by atoms with van der Waals surface area (Å²) in [6.45, 7) is 1.61. The van der Waals surface area contributed by atoms with Crippen molar-refractivity contribution in [1.82, 2.24) is 5.32 Å². The number of nitrogens with two attached hydrogens (primary N) is 1. The fraction of sp³-hybridized carbons (Fsp3) is 0.350. The SMILES string of the molecule is I.NC(=NCCc1cc(F)cc2c1OCOC2)NC1CCOc2ccccc21. The van der Waals surface area contributed by atoms with E-state index in [1.165, 1.54) is 12.1 Å². The summed E-state index contributed by atoms with van der Waals surface area (Å²) in [5.41, 5.74) is 8.65. The van der Waals surface area contributed by atoms with Gasteiger partial charge in [-0.05, 0) is 30.2 Å². The summed E-state index contributed by atoms with van der Waals surface area (Å²) in [6, 6.07) is 10.9. The Kier molecular flexibility index (Phi) is 6.95. The number of ether oxygens (including phenoxy) is 3. The molecule has 8 heteroatoms. The van der Waals surface area contributed by atoms with Gasteiger partial charge in [-0.2, -0.15) is 0 Å². The van der Waals surface area contributed by atoms with Gasteiger partial charge in [0.25, 0.3) is 0 Å². The number of halogens is 2. The Morgan fingerprint density at radius 1 is 1.25 bits per heavy atom. The highest BCUT2D eigenvalue weighted by atomic mass is 127. The van der Waals surface area contributed by atoms with Crippen LogP contribution < -0.4 is 20.5 Å². The van der Waals surface area contributed by atoms with Gasteiger partial charge >= 0.3 is 0 Å². The predicted octanol–water partition coefficient (Wildman–Crippen LogP) is 3.28. The average Bonchev–Trinajstić information content (AvgIpc) is 2.68. The van der Waals surface area contributed by atoms with Crippen LogP contribution in [0.1, 0.15) is 29.2 Å². The molecule has 2 aromatic rings. The van der Waals surface area contributed by atoms with Crippen LogP contribution in [0.5, 0.6) is 11.5 Å². The molecule has 150 valence electrons. The Bertz CT molecular complexity index is 863. The first-order chi connectivity index (χ1) is 13.2. The Morgan fingerprint density at radius 2 is 2.11 bits per heavy atom. The van der Waals surface area contributed by atoms with E-state index >= 15 is 0 Å². The lowest BCUT2D eigenvalue weighted by atomic mass is 10.0. The summed E-state index contributed by atoms with van der Waals surface area (Å²) in [7, 11) is 0. The van der Waals surface area contributed by atoms with Gasteiger partial charge in [0.1, 0.15) is 17.3 Å². The van der Waals surface area contributed by atoms with E-state index in [4.69, 9.17) is 19.9 Å². The zero-order valence-electron chi connectivity index (χ0n) is 15.3. The first-order valence-corrected chi connectivity index (χ1v) is 9.01. The molecule has 2 aliphatic heterocycles. The van der Waals surface area contributed by atoms with E-state index in [-0.39, 0.29) is 42.6 Å². The van der Waals surface area contributed by atoms with Gasteiger partial charge in [-0.1, -0.05) is 18.2 Å². The minimum atomic E-state index is -0.299. The lowest BCUT2D eigenvalue weighted by molar-refractivity contribution is -0.0172. The molecule has 0 spiro atoms. The molecule has 2 aliphatic rings. The van der Waals surface area contributed by atoms with E-state index in [9.17, 15) is 4.39 Å². The lowest BCUT2D eigenvalue weighted by Crippen LogP contribution is -2.37. The molecule has 0 saturated heterocycles. The molecular formula is C20H23FIN3O3. The van der Waals surface area contributed by atoms with Crippen molar-refractivity contribution in [3.8, 4) is 11.5 Å². The second-order valence-electron chi connectivity index (χ2n) is 6.55. The van der Waals surface area contributed by atoms with Gasteiger partial charge in [0.2, 0.25) is 0 Å². The van der Waals surface area contributed by atoms with Gasteiger partial charge in [0.05, 0.1) is 19.3 Å². The molecule has 1 unspecified atom stereocenters. The Hall–Kier alpha value is -2.07. The van der Waals surface area contributed by atoms with Crippen LogP contribution in [0, 0.1) is 5.82 Å². The molecule has 1 atom stereocenters. The summed E-state index contributed by atoms with van der Waals surface area (Å²) in [6.07, 6.45) is 1.35. The standard InChI is InChI=1S/C20H22FN3O3.HI/c21-15-9-13(19-14(10-15)11-25-12-27-19)5-7-23-20(22)24-17-6-8-26-18-4-2-1-3-16(17)18;/h1-4,9-10,17H,5-8,11-12H2,(H3,22,23,24);1H. The topological polar surface area (TPSA) is 78.1 Å². The lowest BCUT2D eigenvalue weighted by Gasteiger charge is -2.27. The molecule has 4 rings (SSSR count). The maximum absolute atomic E-state index is 13.8. The molecule has 6 nitrogen and oxygen atoms in total. The van der Waals surface area contributed by atoms with Crippen LogP contribution in [0.3, 0.4) is 0 Å². The molecular weight excluding hydrogens is 476 g/mol. The van der Waals surface area contributed by atoms with Crippen LogP contribution in [0.25, 0.3) is 0 Å². The monoisotopic (exact) mass is 499 g/mol. The first-order valence-electron chi connectivity index (χ1n) is 9.01. The quantitative estimate of drug-likeness (QED) is 0.384. The minimum absolute atomic E-state index is 0. The molecule has 0 aliphatic carbocycles. The van der Waals surface area contributed by atoms with Gasteiger partial charge in [0.15, 0.2) is 12.8 Å². The van der Waals surface area contributed by atoms with E-state index < -0.39 is 0 Å². The Balaban J connectivity index is 0.00000225. The van der Waals surface area contributed by atoms with E-state index in [1.54, 1.807) is 0 Å². The minimum Gasteiger partial charge on any atom is -0.493 e. The van der Waals surface area contributed by atoms with Crippen molar-refractivity contribution in [3.63, 3.8) is 0 Å². The second kappa shape index (κ2) is 9.42. The van der Waals surface area contributed by atoms with E-state index in [2.05, 4.69) is 10.3 Å². The Morgan fingerprint density at radius 3 is 3.00 bits per heavy atom. The number of guanidine groups is 1. The third-order valence-electron chi connectivity index (χ3n) is 4.70. The third kappa shape index (κ3) is 4.67. The highest BCUT2D eigenvalue weighted by molar-refractivity contribution is 14.0. The zero-order chi connectivity index (χ0) is 18.6. The van der Waals surface area contributed by atoms with E-state index in [1.807, 2.05) is 24.3 Å². The number of fused-ring (bicyclic) bond motifs is 2. The van der Waals surface area contributed by atoms with Crippen molar-refractivity contribution in [3.05, 3.63) is 58.9 Å². The normalized spacial score (nSPS) is 18.0. The number of nitrogens with zero attached hydrogens (tertiary/aromatic N) is 1. The molecule has 0 bridgehead atoms. The highest BCUT2D eigenvalue weighted by Crippen LogP contribution is 2.31. The molecule has 0 radical (unpaired) electrons. The number of hydrogen-bond donors (Lipinski definition) is 2. The maximum Gasteiger partial charge on any atom is 0.189 e. The number of benzene rings is 2. The Labute approximate surface area is 180 Å². The van der Waals surface area contributed by atoms with Crippen molar-refractivity contribution in [1.29, 1.82) is 0 Å². The molecule has 0 saturated carbocycles. The fourth-order valence-corrected chi connectivity index (χ4v) is 3.46. The fourth-order valence-electron chi connectivity index (χ4n) is 3.46. The number of rotatable bonds is 4. The zero-order valence-corrected chi connectivity index (χ0v) is 17.6. The van der Waals surface area contributed by atoms with Gasteiger partial charge < -0.3 is 25.3 Å². The molecule has 0 aromatic heterocycles. The summed E-state index contributed by atoms with van der Waals surface area (Å²) in [4.78, 5) is 4.40. The summed E-state index contributed by atoms with van der Waals surface area (Å²) in [5, 5.41) is 3.26. The number of aliphatic imine (C=N–C) groups is 1. The molecule has 2 aromatic carbocycles. The molecule has 3 N–H and O–H groups in total. The molecule has 0 amide bonds. The number of para-hydroxylation sites is 1. The number of nitrogens with one attached hydrogen (secondary N) is 1. The second-order valence-corrected chi connectivity index (χ2v) is 6.55. The van der Waals surface area contributed by atoms with Crippen LogP contribution in [0.2, 0.25) is 0 Å².